The third kappa shape index (κ3) is 5.26. The van der Waals surface area contributed by atoms with Crippen LogP contribution in [0.1, 0.15) is 33.3 Å². The minimum absolute atomic E-state index is 0.0479. The number of benzene rings is 1. The van der Waals surface area contributed by atoms with Gasteiger partial charge in [0, 0.05) is 0 Å². The number of rotatable bonds is 5. The van der Waals surface area contributed by atoms with Gasteiger partial charge in [-0.2, -0.15) is 0 Å². The van der Waals surface area contributed by atoms with Crippen molar-refractivity contribution < 1.29 is 23.1 Å². The van der Waals surface area contributed by atoms with Gasteiger partial charge in [-0.1, -0.05) is 26.8 Å². The molecule has 0 heterocycles. The van der Waals surface area contributed by atoms with Crippen LogP contribution in [0.2, 0.25) is 0 Å². The second-order valence-electron chi connectivity index (χ2n) is 5.65. The van der Waals surface area contributed by atoms with Crippen molar-refractivity contribution in [2.75, 3.05) is 17.1 Å². The molecule has 0 aliphatic carbocycles. The molecule has 118 valence electrons. The average molecular weight is 315 g/mol. The predicted octanol–water partition coefficient (Wildman–Crippen LogP) is 1.99. The van der Waals surface area contributed by atoms with Gasteiger partial charge in [0.1, 0.15) is 5.75 Å². The summed E-state index contributed by atoms with van der Waals surface area (Å²) in [4.78, 5) is 11.3. The number of phenols is 1. The molecule has 1 aromatic rings. The van der Waals surface area contributed by atoms with Gasteiger partial charge in [0.2, 0.25) is 10.0 Å². The summed E-state index contributed by atoms with van der Waals surface area (Å²) in [6.45, 7) is 7.61. The first-order valence-electron chi connectivity index (χ1n) is 6.55. The van der Waals surface area contributed by atoms with Crippen molar-refractivity contribution in [3.8, 4) is 5.75 Å². The van der Waals surface area contributed by atoms with E-state index in [4.69, 9.17) is 0 Å². The maximum absolute atomic E-state index is 11.9. The Balaban J connectivity index is 2.99. The van der Waals surface area contributed by atoms with Crippen LogP contribution in [0.5, 0.6) is 5.75 Å². The summed E-state index contributed by atoms with van der Waals surface area (Å²) in [5, 5.41) is 9.76. The van der Waals surface area contributed by atoms with Gasteiger partial charge in [0.25, 0.3) is 0 Å². The lowest BCUT2D eigenvalue weighted by atomic mass is 9.87. The van der Waals surface area contributed by atoms with Crippen molar-refractivity contribution in [2.24, 2.45) is 0 Å². The fourth-order valence-electron chi connectivity index (χ4n) is 1.65. The number of anilines is 1. The highest BCUT2D eigenvalue weighted by Gasteiger charge is 2.21. The molecule has 2 N–H and O–H groups in total. The molecule has 1 aromatic carbocycles. The molecule has 6 nitrogen and oxygen atoms in total. The SMILES string of the molecule is CCOC(=O)CS(=O)(=O)Nc1cc(C(C)(C)C)ccc1O. The van der Waals surface area contributed by atoms with Crippen LogP contribution in [-0.2, 0) is 25.0 Å². The number of carbonyl (C=O) groups excluding carboxylic acids is 1. The predicted molar refractivity (Wildman–Crippen MR) is 80.8 cm³/mol. The Bertz CT molecular complexity index is 617. The summed E-state index contributed by atoms with van der Waals surface area (Å²) < 4.78 is 30.6. The number of nitrogens with one attached hydrogen (secondary N) is 1. The van der Waals surface area contributed by atoms with Gasteiger partial charge in [-0.15, -0.1) is 0 Å². The Hall–Kier alpha value is -1.76. The standard InChI is InChI=1S/C14H21NO5S/c1-5-20-13(17)9-21(18,19)15-11-8-10(14(2,3)4)6-7-12(11)16/h6-8,15-16H,5,9H2,1-4H3. The highest BCUT2D eigenvalue weighted by molar-refractivity contribution is 7.93. The third-order valence-corrected chi connectivity index (χ3v) is 3.89. The van der Waals surface area contributed by atoms with E-state index in [-0.39, 0.29) is 23.5 Å². The van der Waals surface area contributed by atoms with E-state index in [1.54, 1.807) is 19.1 Å². The van der Waals surface area contributed by atoms with Crippen molar-refractivity contribution in [1.29, 1.82) is 0 Å². The average Bonchev–Trinajstić information content (AvgIpc) is 2.29. The molecule has 0 aromatic heterocycles. The first kappa shape index (κ1) is 17.3. The van der Waals surface area contributed by atoms with Crippen molar-refractivity contribution in [3.05, 3.63) is 23.8 Å². The first-order chi connectivity index (χ1) is 9.55. The minimum Gasteiger partial charge on any atom is -0.506 e. The lowest BCUT2D eigenvalue weighted by Gasteiger charge is -2.20. The van der Waals surface area contributed by atoms with E-state index in [0.29, 0.717) is 0 Å². The summed E-state index contributed by atoms with van der Waals surface area (Å²) in [7, 11) is -3.93. The van der Waals surface area contributed by atoms with E-state index in [2.05, 4.69) is 9.46 Å². The molecule has 21 heavy (non-hydrogen) atoms. The van der Waals surface area contributed by atoms with Crippen molar-refractivity contribution in [3.63, 3.8) is 0 Å². The number of hydrogen-bond donors (Lipinski definition) is 2. The molecule has 0 atom stereocenters. The molecule has 0 saturated heterocycles. The maximum atomic E-state index is 11.9. The van der Waals surface area contributed by atoms with Crippen LogP contribution in [0.4, 0.5) is 5.69 Å². The minimum atomic E-state index is -3.93. The van der Waals surface area contributed by atoms with E-state index >= 15 is 0 Å². The monoisotopic (exact) mass is 315 g/mol. The fourth-order valence-corrected chi connectivity index (χ4v) is 2.61. The van der Waals surface area contributed by atoms with Crippen LogP contribution in [-0.4, -0.2) is 31.9 Å². The van der Waals surface area contributed by atoms with Crippen molar-refractivity contribution in [1.82, 2.24) is 0 Å². The van der Waals surface area contributed by atoms with Crippen LogP contribution < -0.4 is 4.72 Å². The van der Waals surface area contributed by atoms with Gasteiger partial charge in [-0.3, -0.25) is 9.52 Å². The zero-order valence-corrected chi connectivity index (χ0v) is 13.5. The number of ether oxygens (including phenoxy) is 1. The zero-order valence-electron chi connectivity index (χ0n) is 12.6. The molecule has 0 unspecified atom stereocenters. The summed E-state index contributed by atoms with van der Waals surface area (Å²) >= 11 is 0. The molecule has 0 spiro atoms. The summed E-state index contributed by atoms with van der Waals surface area (Å²) in [5.41, 5.74) is 0.704. The third-order valence-electron chi connectivity index (χ3n) is 2.74. The number of esters is 1. The number of aromatic hydroxyl groups is 1. The van der Waals surface area contributed by atoms with Crippen LogP contribution >= 0.6 is 0 Å². The molecular formula is C14H21NO5S. The molecule has 0 bridgehead atoms. The van der Waals surface area contributed by atoms with Gasteiger partial charge >= 0.3 is 5.97 Å². The van der Waals surface area contributed by atoms with Crippen LogP contribution in [0.3, 0.4) is 0 Å². The molecule has 0 fully saturated rings. The number of hydrogen-bond acceptors (Lipinski definition) is 5. The Morgan fingerprint density at radius 3 is 2.48 bits per heavy atom. The van der Waals surface area contributed by atoms with Gasteiger partial charge in [0.05, 0.1) is 12.3 Å². The van der Waals surface area contributed by atoms with Crippen LogP contribution in [0.25, 0.3) is 0 Å². The van der Waals surface area contributed by atoms with Crippen molar-refractivity contribution >= 4 is 21.7 Å². The van der Waals surface area contributed by atoms with E-state index in [9.17, 15) is 18.3 Å². The molecule has 7 heteroatoms. The normalized spacial score (nSPS) is 12.0. The number of carbonyl (C=O) groups is 1. The number of phenolic OH excluding ortho intramolecular Hbond substituents is 1. The second-order valence-corrected chi connectivity index (χ2v) is 7.37. The largest absolute Gasteiger partial charge is 0.506 e. The lowest BCUT2D eigenvalue weighted by Crippen LogP contribution is -2.24. The Kier molecular flexibility index (Phi) is 5.22. The van der Waals surface area contributed by atoms with Crippen LogP contribution in [0.15, 0.2) is 18.2 Å². The van der Waals surface area contributed by atoms with E-state index in [1.165, 1.54) is 6.07 Å². The Morgan fingerprint density at radius 2 is 1.95 bits per heavy atom. The summed E-state index contributed by atoms with van der Waals surface area (Å²) in [6, 6.07) is 4.69. The smallest absolute Gasteiger partial charge is 0.323 e. The fraction of sp³-hybridized carbons (Fsp3) is 0.500. The Labute approximate surface area is 125 Å². The topological polar surface area (TPSA) is 92.7 Å². The molecule has 1 rings (SSSR count). The summed E-state index contributed by atoms with van der Waals surface area (Å²) in [5.74, 6) is -1.83. The van der Waals surface area contributed by atoms with Crippen LogP contribution in [0, 0.1) is 0 Å². The van der Waals surface area contributed by atoms with E-state index < -0.39 is 21.7 Å². The number of sulfonamides is 1. The highest BCUT2D eigenvalue weighted by Crippen LogP contribution is 2.31. The summed E-state index contributed by atoms with van der Waals surface area (Å²) in [6.07, 6.45) is 0. The highest BCUT2D eigenvalue weighted by atomic mass is 32.2. The quantitative estimate of drug-likeness (QED) is 0.640. The second kappa shape index (κ2) is 6.34. The molecule has 0 saturated carbocycles. The van der Waals surface area contributed by atoms with E-state index in [0.717, 1.165) is 5.56 Å². The van der Waals surface area contributed by atoms with Gasteiger partial charge in [-0.25, -0.2) is 8.42 Å². The Morgan fingerprint density at radius 1 is 1.33 bits per heavy atom. The maximum Gasteiger partial charge on any atom is 0.323 e. The molecule has 0 aliphatic rings. The molecule has 0 aliphatic heterocycles. The first-order valence-corrected chi connectivity index (χ1v) is 8.20. The van der Waals surface area contributed by atoms with Gasteiger partial charge in [0.15, 0.2) is 5.75 Å². The zero-order chi connectivity index (χ0) is 16.3. The molecular weight excluding hydrogens is 294 g/mol. The van der Waals surface area contributed by atoms with Gasteiger partial charge in [-0.05, 0) is 30.0 Å². The molecule has 0 amide bonds. The van der Waals surface area contributed by atoms with E-state index in [1.807, 2.05) is 20.8 Å². The van der Waals surface area contributed by atoms with Crippen molar-refractivity contribution in [2.45, 2.75) is 33.1 Å². The van der Waals surface area contributed by atoms with Gasteiger partial charge < -0.3 is 9.84 Å². The molecule has 0 radical (unpaired) electrons. The lowest BCUT2D eigenvalue weighted by molar-refractivity contribution is -0.139.